The van der Waals surface area contributed by atoms with E-state index in [0.29, 0.717) is 6.04 Å². The van der Waals surface area contributed by atoms with E-state index in [-0.39, 0.29) is 0 Å². The summed E-state index contributed by atoms with van der Waals surface area (Å²) in [5.74, 6) is 0. The topological polar surface area (TPSA) is 36.4 Å². The zero-order valence-corrected chi connectivity index (χ0v) is 12.1. The third-order valence-corrected chi connectivity index (χ3v) is 3.95. The minimum absolute atomic E-state index is 0.468. The first-order valence-corrected chi connectivity index (χ1v) is 7.38. The van der Waals surface area contributed by atoms with Crippen LogP contribution in [0.1, 0.15) is 58.8 Å². The van der Waals surface area contributed by atoms with Crippen molar-refractivity contribution in [1.82, 2.24) is 4.98 Å². The van der Waals surface area contributed by atoms with Gasteiger partial charge >= 0.3 is 0 Å². The van der Waals surface area contributed by atoms with Crippen LogP contribution in [0, 0.1) is 0 Å². The van der Waals surface area contributed by atoms with E-state index in [9.17, 15) is 5.11 Å². The van der Waals surface area contributed by atoms with E-state index in [2.05, 4.69) is 30.7 Å². The Labute approximate surface area is 108 Å². The predicted molar refractivity (Wildman–Crippen MR) is 74.8 cm³/mol. The molecule has 0 fully saturated rings. The van der Waals surface area contributed by atoms with Crippen molar-refractivity contribution in [2.24, 2.45) is 0 Å². The lowest BCUT2D eigenvalue weighted by molar-refractivity contribution is 0.195. The fourth-order valence-electron chi connectivity index (χ4n) is 1.65. The lowest BCUT2D eigenvalue weighted by Crippen LogP contribution is -2.33. The van der Waals surface area contributed by atoms with Gasteiger partial charge in [-0.2, -0.15) is 0 Å². The summed E-state index contributed by atoms with van der Waals surface area (Å²) in [4.78, 5) is 6.89. The summed E-state index contributed by atoms with van der Waals surface area (Å²) in [6.45, 7) is 9.46. The monoisotopic (exact) mass is 256 g/mol. The molecule has 1 aromatic heterocycles. The summed E-state index contributed by atoms with van der Waals surface area (Å²) < 4.78 is 0. The van der Waals surface area contributed by atoms with E-state index in [1.54, 1.807) is 18.3 Å². The third kappa shape index (κ3) is 3.96. The van der Waals surface area contributed by atoms with E-state index >= 15 is 0 Å². The molecule has 2 atom stereocenters. The third-order valence-electron chi connectivity index (χ3n) is 3.06. The van der Waals surface area contributed by atoms with Gasteiger partial charge < -0.3 is 10.0 Å². The highest BCUT2D eigenvalue weighted by Gasteiger charge is 2.17. The molecule has 4 heteroatoms. The van der Waals surface area contributed by atoms with Crippen LogP contribution in [-0.2, 0) is 0 Å². The van der Waals surface area contributed by atoms with Crippen molar-refractivity contribution in [1.29, 1.82) is 0 Å². The molecule has 0 aliphatic heterocycles. The maximum Gasteiger partial charge on any atom is 0.185 e. The van der Waals surface area contributed by atoms with Crippen LogP contribution >= 0.6 is 11.3 Å². The van der Waals surface area contributed by atoms with Gasteiger partial charge in [-0.3, -0.25) is 0 Å². The summed E-state index contributed by atoms with van der Waals surface area (Å²) >= 11 is 1.63. The molecule has 0 amide bonds. The van der Waals surface area contributed by atoms with Crippen LogP contribution in [0.25, 0.3) is 0 Å². The number of aliphatic hydroxyl groups is 1. The van der Waals surface area contributed by atoms with Gasteiger partial charge in [-0.1, -0.05) is 20.3 Å². The molecular weight excluding hydrogens is 232 g/mol. The highest BCUT2D eigenvalue weighted by atomic mass is 32.1. The maximum atomic E-state index is 9.52. The first-order valence-electron chi connectivity index (χ1n) is 6.50. The molecule has 98 valence electrons. The van der Waals surface area contributed by atoms with Crippen LogP contribution in [0.15, 0.2) is 5.38 Å². The quantitative estimate of drug-likeness (QED) is 0.809. The molecular formula is C13H24N2OS. The average Bonchev–Trinajstić information content (AvgIpc) is 2.78. The molecule has 17 heavy (non-hydrogen) atoms. The summed E-state index contributed by atoms with van der Waals surface area (Å²) in [6, 6.07) is 0.509. The molecule has 0 aliphatic carbocycles. The Bertz CT molecular complexity index is 325. The van der Waals surface area contributed by atoms with Crippen molar-refractivity contribution in [2.75, 3.05) is 11.4 Å². The molecule has 0 spiro atoms. The standard InChI is InChI=1S/C13H24N2OS/c1-5-7-8-15(10(3)6-2)13-14-12(9-17-13)11(4)16/h9-11,16H,5-8H2,1-4H3. The molecule has 1 N–H and O–H groups in total. The average molecular weight is 256 g/mol. The van der Waals surface area contributed by atoms with Crippen molar-refractivity contribution in [3.05, 3.63) is 11.1 Å². The van der Waals surface area contributed by atoms with Gasteiger partial charge in [-0.05, 0) is 26.7 Å². The lowest BCUT2D eigenvalue weighted by Gasteiger charge is -2.28. The Hall–Kier alpha value is -0.610. The number of aromatic nitrogens is 1. The molecule has 0 saturated heterocycles. The Kier molecular flexibility index (Phi) is 5.92. The van der Waals surface area contributed by atoms with Gasteiger partial charge in [0.1, 0.15) is 0 Å². The van der Waals surface area contributed by atoms with Gasteiger partial charge in [0.25, 0.3) is 0 Å². The summed E-state index contributed by atoms with van der Waals surface area (Å²) in [6.07, 6.45) is 3.04. The Balaban J connectivity index is 2.80. The highest BCUT2D eigenvalue weighted by Crippen LogP contribution is 2.26. The normalized spacial score (nSPS) is 14.6. The second-order valence-electron chi connectivity index (χ2n) is 4.54. The largest absolute Gasteiger partial charge is 0.387 e. The Morgan fingerprint density at radius 2 is 2.12 bits per heavy atom. The minimum atomic E-state index is -0.468. The van der Waals surface area contributed by atoms with Gasteiger partial charge in [0.15, 0.2) is 5.13 Å². The van der Waals surface area contributed by atoms with Gasteiger partial charge in [0, 0.05) is 18.0 Å². The SMILES string of the molecule is CCCCN(c1nc(C(C)O)cs1)C(C)CC. The molecule has 0 saturated carbocycles. The zero-order chi connectivity index (χ0) is 12.8. The second kappa shape index (κ2) is 6.97. The van der Waals surface area contributed by atoms with Gasteiger partial charge in [-0.25, -0.2) is 4.98 Å². The van der Waals surface area contributed by atoms with Crippen molar-refractivity contribution in [3.8, 4) is 0 Å². The molecule has 2 unspecified atom stereocenters. The number of hydrogen-bond donors (Lipinski definition) is 1. The van der Waals surface area contributed by atoms with E-state index in [4.69, 9.17) is 0 Å². The van der Waals surface area contributed by atoms with Gasteiger partial charge in [-0.15, -0.1) is 11.3 Å². The first-order chi connectivity index (χ1) is 8.10. The molecule has 1 heterocycles. The Morgan fingerprint density at radius 1 is 1.41 bits per heavy atom. The molecule has 0 aromatic carbocycles. The van der Waals surface area contributed by atoms with Crippen molar-refractivity contribution in [3.63, 3.8) is 0 Å². The van der Waals surface area contributed by atoms with Crippen molar-refractivity contribution in [2.45, 2.75) is 59.1 Å². The van der Waals surface area contributed by atoms with Gasteiger partial charge in [0.2, 0.25) is 0 Å². The number of aliphatic hydroxyl groups excluding tert-OH is 1. The first kappa shape index (κ1) is 14.5. The molecule has 0 bridgehead atoms. The number of thiazole rings is 1. The smallest absolute Gasteiger partial charge is 0.185 e. The number of rotatable bonds is 7. The van der Waals surface area contributed by atoms with Crippen molar-refractivity contribution >= 4 is 16.5 Å². The fraction of sp³-hybridized carbons (Fsp3) is 0.769. The van der Waals surface area contributed by atoms with Crippen LogP contribution < -0.4 is 4.90 Å². The summed E-state index contributed by atoms with van der Waals surface area (Å²) in [7, 11) is 0. The Morgan fingerprint density at radius 3 is 2.59 bits per heavy atom. The van der Waals surface area contributed by atoms with E-state index in [1.807, 2.05) is 5.38 Å². The van der Waals surface area contributed by atoms with Gasteiger partial charge in [0.05, 0.1) is 11.8 Å². The predicted octanol–water partition coefficient (Wildman–Crippen LogP) is 3.60. The number of unbranched alkanes of at least 4 members (excludes halogenated alkanes) is 1. The van der Waals surface area contributed by atoms with Crippen LogP contribution in [0.4, 0.5) is 5.13 Å². The second-order valence-corrected chi connectivity index (χ2v) is 5.37. The summed E-state index contributed by atoms with van der Waals surface area (Å²) in [5.41, 5.74) is 0.787. The number of hydrogen-bond acceptors (Lipinski definition) is 4. The molecule has 1 aromatic rings. The zero-order valence-electron chi connectivity index (χ0n) is 11.3. The van der Waals surface area contributed by atoms with Crippen LogP contribution in [0.3, 0.4) is 0 Å². The van der Waals surface area contributed by atoms with E-state index in [1.165, 1.54) is 12.8 Å². The van der Waals surface area contributed by atoms with Crippen molar-refractivity contribution < 1.29 is 5.11 Å². The fourth-order valence-corrected chi connectivity index (χ4v) is 2.69. The summed E-state index contributed by atoms with van der Waals surface area (Å²) in [5, 5.41) is 12.5. The molecule has 1 rings (SSSR count). The highest BCUT2D eigenvalue weighted by molar-refractivity contribution is 7.13. The lowest BCUT2D eigenvalue weighted by atomic mass is 10.2. The molecule has 3 nitrogen and oxygen atoms in total. The van der Waals surface area contributed by atoms with E-state index in [0.717, 1.165) is 23.8 Å². The minimum Gasteiger partial charge on any atom is -0.387 e. The number of anilines is 1. The molecule has 0 aliphatic rings. The molecule has 0 radical (unpaired) electrons. The van der Waals surface area contributed by atoms with E-state index < -0.39 is 6.10 Å². The van der Waals surface area contributed by atoms with Crippen LogP contribution in [-0.4, -0.2) is 22.7 Å². The van der Waals surface area contributed by atoms with Crippen LogP contribution in [0.5, 0.6) is 0 Å². The van der Waals surface area contributed by atoms with Crippen LogP contribution in [0.2, 0.25) is 0 Å². The number of nitrogens with zero attached hydrogens (tertiary/aromatic N) is 2. The maximum absolute atomic E-state index is 9.52.